The Labute approximate surface area is 166 Å². The molecule has 1 N–H and O–H groups in total. The van der Waals surface area contributed by atoms with Gasteiger partial charge in [-0.3, -0.25) is 9.78 Å². The van der Waals surface area contributed by atoms with Crippen LogP contribution in [0.4, 0.5) is 5.69 Å². The Hall–Kier alpha value is -3.51. The number of carbonyl (C=O) groups is 1. The summed E-state index contributed by atoms with van der Waals surface area (Å²) in [5.41, 5.74) is 2.97. The van der Waals surface area contributed by atoms with E-state index in [9.17, 15) is 4.79 Å². The lowest BCUT2D eigenvalue weighted by molar-refractivity contribution is -0.111. The van der Waals surface area contributed by atoms with Crippen molar-refractivity contribution in [1.29, 1.82) is 0 Å². The Morgan fingerprint density at radius 1 is 1.14 bits per heavy atom. The first-order chi connectivity index (χ1) is 13.7. The molecule has 0 atom stereocenters. The summed E-state index contributed by atoms with van der Waals surface area (Å²) in [5.74, 6) is -0.299. The molecule has 0 spiro atoms. The largest absolute Gasteiger partial charge is 0.321 e. The topological polar surface area (TPSA) is 72.7 Å². The third-order valence-electron chi connectivity index (χ3n) is 4.08. The first-order valence-corrected chi connectivity index (χ1v) is 9.02. The zero-order valence-electron chi connectivity index (χ0n) is 14.8. The zero-order chi connectivity index (χ0) is 19.3. The quantitative estimate of drug-likeness (QED) is 0.520. The monoisotopic (exact) mass is 389 g/mol. The molecule has 4 aromatic rings. The van der Waals surface area contributed by atoms with Crippen LogP contribution >= 0.6 is 11.6 Å². The second-order valence-corrected chi connectivity index (χ2v) is 6.61. The molecule has 7 heteroatoms. The van der Waals surface area contributed by atoms with Gasteiger partial charge in [0, 0.05) is 22.7 Å². The average Bonchev–Trinajstić information content (AvgIpc) is 3.14. The second-order valence-electron chi connectivity index (χ2n) is 6.18. The van der Waals surface area contributed by atoms with Crippen molar-refractivity contribution >= 4 is 40.2 Å². The molecule has 4 rings (SSSR count). The molecule has 0 aliphatic carbocycles. The molecule has 1 amide bonds. The highest BCUT2D eigenvalue weighted by atomic mass is 35.5. The number of hydrogen-bond donors (Lipinski definition) is 1. The highest BCUT2D eigenvalue weighted by Crippen LogP contribution is 2.26. The molecular formula is C21H16ClN5O. The van der Waals surface area contributed by atoms with Gasteiger partial charge in [0.05, 0.1) is 23.9 Å². The first kappa shape index (κ1) is 17.9. The number of aromatic nitrogens is 4. The van der Waals surface area contributed by atoms with Gasteiger partial charge in [0.25, 0.3) is 0 Å². The number of rotatable bonds is 5. The summed E-state index contributed by atoms with van der Waals surface area (Å²) in [6.45, 7) is 0.619. The van der Waals surface area contributed by atoms with Crippen LogP contribution in [0.5, 0.6) is 0 Å². The first-order valence-electron chi connectivity index (χ1n) is 8.65. The lowest BCUT2D eigenvalue weighted by Gasteiger charge is -2.07. The maximum Gasteiger partial charge on any atom is 0.248 e. The van der Waals surface area contributed by atoms with E-state index in [1.807, 2.05) is 42.5 Å². The van der Waals surface area contributed by atoms with Crippen LogP contribution in [-0.2, 0) is 11.3 Å². The van der Waals surface area contributed by atoms with Gasteiger partial charge in [0.2, 0.25) is 5.91 Å². The lowest BCUT2D eigenvalue weighted by atomic mass is 10.2. The van der Waals surface area contributed by atoms with E-state index < -0.39 is 0 Å². The Balaban J connectivity index is 1.45. The van der Waals surface area contributed by atoms with Gasteiger partial charge in [-0.2, -0.15) is 0 Å². The molecule has 0 saturated heterocycles. The molecular weight excluding hydrogens is 374 g/mol. The number of amides is 1. The van der Waals surface area contributed by atoms with Crippen molar-refractivity contribution in [1.82, 2.24) is 20.0 Å². The molecule has 2 aromatic carbocycles. The SMILES string of the molecule is O=C(/C=C/c1cn(Cc2ccccc2)nn1)Nc1cc(Cl)cc2cccnc12. The molecule has 0 unspecified atom stereocenters. The summed E-state index contributed by atoms with van der Waals surface area (Å²) >= 11 is 6.13. The molecule has 0 bridgehead atoms. The van der Waals surface area contributed by atoms with Gasteiger partial charge in [0.1, 0.15) is 5.69 Å². The number of carbonyl (C=O) groups excluding carboxylic acids is 1. The predicted octanol–water partition coefficient (Wildman–Crippen LogP) is 4.18. The number of fused-ring (bicyclic) bond motifs is 1. The van der Waals surface area contributed by atoms with Crippen LogP contribution in [0.25, 0.3) is 17.0 Å². The van der Waals surface area contributed by atoms with Gasteiger partial charge < -0.3 is 5.32 Å². The standard InChI is InChI=1S/C21H16ClN5O/c22-17-11-16-7-4-10-23-21(16)19(12-17)24-20(28)9-8-18-14-27(26-25-18)13-15-5-2-1-3-6-15/h1-12,14H,13H2,(H,24,28)/b9-8+. The Morgan fingerprint density at radius 3 is 2.86 bits per heavy atom. The van der Waals surface area contributed by atoms with E-state index in [1.165, 1.54) is 6.08 Å². The molecule has 0 aliphatic heterocycles. The molecule has 0 aliphatic rings. The normalized spacial score (nSPS) is 11.2. The number of nitrogens with one attached hydrogen (secondary N) is 1. The van der Waals surface area contributed by atoms with E-state index in [0.717, 1.165) is 10.9 Å². The maximum atomic E-state index is 12.3. The average molecular weight is 390 g/mol. The number of halogens is 1. The van der Waals surface area contributed by atoms with Gasteiger partial charge in [-0.05, 0) is 29.8 Å². The van der Waals surface area contributed by atoms with Crippen molar-refractivity contribution in [3.8, 4) is 0 Å². The summed E-state index contributed by atoms with van der Waals surface area (Å²) in [4.78, 5) is 16.6. The molecule has 0 fully saturated rings. The number of anilines is 1. The molecule has 2 heterocycles. The van der Waals surface area contributed by atoms with Crippen molar-refractivity contribution in [2.75, 3.05) is 5.32 Å². The van der Waals surface area contributed by atoms with Crippen molar-refractivity contribution < 1.29 is 4.79 Å². The van der Waals surface area contributed by atoms with Gasteiger partial charge >= 0.3 is 0 Å². The van der Waals surface area contributed by atoms with E-state index >= 15 is 0 Å². The molecule has 2 aromatic heterocycles. The minimum atomic E-state index is -0.299. The van der Waals surface area contributed by atoms with Crippen molar-refractivity contribution in [2.24, 2.45) is 0 Å². The van der Waals surface area contributed by atoms with Gasteiger partial charge in [-0.1, -0.05) is 53.2 Å². The maximum absolute atomic E-state index is 12.3. The van der Waals surface area contributed by atoms with E-state index in [4.69, 9.17) is 11.6 Å². The fraction of sp³-hybridized carbons (Fsp3) is 0.0476. The summed E-state index contributed by atoms with van der Waals surface area (Å²) in [7, 11) is 0. The van der Waals surface area contributed by atoms with Crippen LogP contribution < -0.4 is 5.32 Å². The van der Waals surface area contributed by atoms with Crippen LogP contribution in [0.3, 0.4) is 0 Å². The van der Waals surface area contributed by atoms with Crippen LogP contribution in [0, 0.1) is 0 Å². The summed E-state index contributed by atoms with van der Waals surface area (Å²) in [6, 6.07) is 17.2. The molecule has 0 saturated carbocycles. The number of benzene rings is 2. The second kappa shape index (κ2) is 8.02. The third-order valence-corrected chi connectivity index (χ3v) is 4.29. The fourth-order valence-corrected chi connectivity index (χ4v) is 3.05. The molecule has 28 heavy (non-hydrogen) atoms. The van der Waals surface area contributed by atoms with Gasteiger partial charge in [-0.25, -0.2) is 4.68 Å². The van der Waals surface area contributed by atoms with Crippen LogP contribution in [0.15, 0.2) is 73.1 Å². The van der Waals surface area contributed by atoms with E-state index in [1.54, 1.807) is 35.3 Å². The summed E-state index contributed by atoms with van der Waals surface area (Å²) in [5, 5.41) is 12.4. The minimum absolute atomic E-state index is 0.299. The Kier molecular flexibility index (Phi) is 5.12. The van der Waals surface area contributed by atoms with Gasteiger partial charge in [-0.15, -0.1) is 5.10 Å². The highest BCUT2D eigenvalue weighted by Gasteiger charge is 2.07. The lowest BCUT2D eigenvalue weighted by Crippen LogP contribution is -2.08. The molecule has 0 radical (unpaired) electrons. The summed E-state index contributed by atoms with van der Waals surface area (Å²) in [6.07, 6.45) is 6.48. The zero-order valence-corrected chi connectivity index (χ0v) is 15.5. The molecule has 6 nitrogen and oxygen atoms in total. The Morgan fingerprint density at radius 2 is 2.00 bits per heavy atom. The summed E-state index contributed by atoms with van der Waals surface area (Å²) < 4.78 is 1.72. The third kappa shape index (κ3) is 4.24. The minimum Gasteiger partial charge on any atom is -0.321 e. The van der Waals surface area contributed by atoms with Crippen LogP contribution in [-0.4, -0.2) is 25.9 Å². The van der Waals surface area contributed by atoms with E-state index in [0.29, 0.717) is 28.5 Å². The van der Waals surface area contributed by atoms with Crippen LogP contribution in [0.1, 0.15) is 11.3 Å². The van der Waals surface area contributed by atoms with E-state index in [-0.39, 0.29) is 5.91 Å². The molecule has 138 valence electrons. The fourth-order valence-electron chi connectivity index (χ4n) is 2.82. The highest BCUT2D eigenvalue weighted by molar-refractivity contribution is 6.32. The number of hydrogen-bond acceptors (Lipinski definition) is 4. The van der Waals surface area contributed by atoms with Crippen LogP contribution in [0.2, 0.25) is 5.02 Å². The number of pyridine rings is 1. The van der Waals surface area contributed by atoms with Crippen molar-refractivity contribution in [3.05, 3.63) is 89.3 Å². The van der Waals surface area contributed by atoms with Crippen molar-refractivity contribution in [3.63, 3.8) is 0 Å². The van der Waals surface area contributed by atoms with Gasteiger partial charge in [0.15, 0.2) is 0 Å². The smallest absolute Gasteiger partial charge is 0.248 e. The van der Waals surface area contributed by atoms with E-state index in [2.05, 4.69) is 20.6 Å². The predicted molar refractivity (Wildman–Crippen MR) is 110 cm³/mol. The van der Waals surface area contributed by atoms with Crippen molar-refractivity contribution in [2.45, 2.75) is 6.54 Å². The Bertz CT molecular complexity index is 1150. The number of nitrogens with zero attached hydrogens (tertiary/aromatic N) is 4.